The molecule has 1 aromatic rings. The molecule has 0 aliphatic heterocycles. The van der Waals surface area contributed by atoms with E-state index >= 15 is 0 Å². The van der Waals surface area contributed by atoms with E-state index in [0.717, 1.165) is 24.8 Å². The maximum atomic E-state index is 12.9. The fourth-order valence-corrected chi connectivity index (χ4v) is 2.31. The van der Waals surface area contributed by atoms with E-state index in [9.17, 15) is 9.18 Å². The van der Waals surface area contributed by atoms with Crippen LogP contribution >= 0.6 is 12.4 Å². The van der Waals surface area contributed by atoms with Crippen molar-refractivity contribution in [3.05, 3.63) is 29.6 Å². The number of carbonyl (C=O) groups excluding carboxylic acids is 1. The predicted octanol–water partition coefficient (Wildman–Crippen LogP) is 2.62. The van der Waals surface area contributed by atoms with Crippen molar-refractivity contribution < 1.29 is 9.18 Å². The summed E-state index contributed by atoms with van der Waals surface area (Å²) in [5, 5.41) is 2.82. The molecule has 0 heterocycles. The lowest BCUT2D eigenvalue weighted by molar-refractivity contribution is -0.120. The van der Waals surface area contributed by atoms with Crippen molar-refractivity contribution in [3.63, 3.8) is 0 Å². The third-order valence-electron chi connectivity index (χ3n) is 3.35. The van der Waals surface area contributed by atoms with Gasteiger partial charge in [-0.25, -0.2) is 4.39 Å². The van der Waals surface area contributed by atoms with Gasteiger partial charge in [-0.2, -0.15) is 0 Å². The molecule has 0 bridgehead atoms. The van der Waals surface area contributed by atoms with Crippen molar-refractivity contribution in [2.75, 3.05) is 5.32 Å². The summed E-state index contributed by atoms with van der Waals surface area (Å²) in [6, 6.07) is 4.29. The number of carbonyl (C=O) groups is 1. The minimum Gasteiger partial charge on any atom is -0.327 e. The smallest absolute Gasteiger partial charge is 0.229 e. The molecule has 2 rings (SSSR count). The molecule has 18 heavy (non-hydrogen) atoms. The van der Waals surface area contributed by atoms with Gasteiger partial charge in [0, 0.05) is 11.7 Å². The summed E-state index contributed by atoms with van der Waals surface area (Å²) in [7, 11) is 0. The minimum atomic E-state index is -0.293. The zero-order valence-electron chi connectivity index (χ0n) is 10.3. The molecule has 100 valence electrons. The van der Waals surface area contributed by atoms with E-state index in [1.165, 1.54) is 12.1 Å². The van der Waals surface area contributed by atoms with Crippen LogP contribution < -0.4 is 11.1 Å². The van der Waals surface area contributed by atoms with Gasteiger partial charge >= 0.3 is 0 Å². The third kappa shape index (κ3) is 3.21. The first-order valence-electron chi connectivity index (χ1n) is 5.90. The van der Waals surface area contributed by atoms with Crippen LogP contribution in [0.5, 0.6) is 0 Å². The second-order valence-corrected chi connectivity index (χ2v) is 4.65. The van der Waals surface area contributed by atoms with Gasteiger partial charge in [0.15, 0.2) is 0 Å². The Morgan fingerprint density at radius 2 is 2.17 bits per heavy atom. The summed E-state index contributed by atoms with van der Waals surface area (Å²) in [5.41, 5.74) is 7.26. The molecule has 1 aliphatic rings. The lowest BCUT2D eigenvalue weighted by Crippen LogP contribution is -2.34. The van der Waals surface area contributed by atoms with Gasteiger partial charge in [-0.15, -0.1) is 12.4 Å². The van der Waals surface area contributed by atoms with Crippen LogP contribution in [0.4, 0.5) is 10.1 Å². The van der Waals surface area contributed by atoms with Crippen LogP contribution in [0.2, 0.25) is 0 Å². The van der Waals surface area contributed by atoms with Gasteiger partial charge in [0.05, 0.1) is 5.92 Å². The second kappa shape index (κ2) is 6.16. The lowest BCUT2D eigenvalue weighted by atomic mass is 10.0. The van der Waals surface area contributed by atoms with Crippen LogP contribution in [0.25, 0.3) is 0 Å². The highest BCUT2D eigenvalue weighted by Gasteiger charge is 2.30. The number of aryl methyl sites for hydroxylation is 1. The van der Waals surface area contributed by atoms with Crippen molar-refractivity contribution in [2.24, 2.45) is 11.7 Å². The Morgan fingerprint density at radius 1 is 1.44 bits per heavy atom. The average Bonchev–Trinajstić information content (AvgIpc) is 2.68. The van der Waals surface area contributed by atoms with E-state index in [0.29, 0.717) is 5.69 Å². The summed E-state index contributed by atoms with van der Waals surface area (Å²) < 4.78 is 12.9. The molecule has 1 aromatic carbocycles. The van der Waals surface area contributed by atoms with Crippen LogP contribution in [0.15, 0.2) is 18.2 Å². The van der Waals surface area contributed by atoms with Gasteiger partial charge in [-0.3, -0.25) is 4.79 Å². The maximum absolute atomic E-state index is 12.9. The van der Waals surface area contributed by atoms with Gasteiger partial charge in [-0.05, 0) is 43.5 Å². The van der Waals surface area contributed by atoms with E-state index in [1.54, 1.807) is 13.0 Å². The van der Waals surface area contributed by atoms with Crippen molar-refractivity contribution >= 4 is 24.0 Å². The monoisotopic (exact) mass is 272 g/mol. The van der Waals surface area contributed by atoms with Gasteiger partial charge < -0.3 is 11.1 Å². The average molecular weight is 273 g/mol. The Labute approximate surface area is 112 Å². The zero-order valence-corrected chi connectivity index (χ0v) is 11.1. The highest BCUT2D eigenvalue weighted by molar-refractivity contribution is 5.93. The summed E-state index contributed by atoms with van der Waals surface area (Å²) in [6.07, 6.45) is 2.75. The van der Waals surface area contributed by atoms with Crippen molar-refractivity contribution in [1.82, 2.24) is 0 Å². The van der Waals surface area contributed by atoms with Crippen molar-refractivity contribution in [3.8, 4) is 0 Å². The lowest BCUT2D eigenvalue weighted by Gasteiger charge is -2.16. The van der Waals surface area contributed by atoms with Crippen LogP contribution in [-0.4, -0.2) is 11.9 Å². The summed E-state index contributed by atoms with van der Waals surface area (Å²) in [5.74, 6) is -0.456. The number of rotatable bonds is 2. The molecule has 3 nitrogen and oxygen atoms in total. The molecule has 2 unspecified atom stereocenters. The Balaban J connectivity index is 0.00000162. The molecular formula is C13H18ClFN2O. The number of halogens is 2. The maximum Gasteiger partial charge on any atom is 0.229 e. The Hall–Kier alpha value is -1.13. The third-order valence-corrected chi connectivity index (χ3v) is 3.35. The van der Waals surface area contributed by atoms with Gasteiger partial charge in [0.1, 0.15) is 5.82 Å². The van der Waals surface area contributed by atoms with E-state index in [1.807, 2.05) is 0 Å². The Bertz CT molecular complexity index is 439. The molecule has 0 saturated heterocycles. The predicted molar refractivity (Wildman–Crippen MR) is 72.3 cm³/mol. The molecule has 5 heteroatoms. The number of amides is 1. The van der Waals surface area contributed by atoms with E-state index in [2.05, 4.69) is 5.32 Å². The zero-order chi connectivity index (χ0) is 12.4. The molecule has 0 aromatic heterocycles. The fourth-order valence-electron chi connectivity index (χ4n) is 2.31. The minimum absolute atomic E-state index is 0. The second-order valence-electron chi connectivity index (χ2n) is 4.65. The normalized spacial score (nSPS) is 22.4. The van der Waals surface area contributed by atoms with Crippen LogP contribution in [-0.2, 0) is 4.79 Å². The molecular weight excluding hydrogens is 255 g/mol. The quantitative estimate of drug-likeness (QED) is 0.870. The molecule has 1 saturated carbocycles. The number of hydrogen-bond donors (Lipinski definition) is 2. The standard InChI is InChI=1S/C13H17FN2O.ClH/c1-8-7-9(14)5-6-12(8)16-13(17)10-3-2-4-11(10)15;/h5-7,10-11H,2-4,15H2,1H3,(H,16,17);1H. The first-order chi connectivity index (χ1) is 8.08. The first-order valence-corrected chi connectivity index (χ1v) is 5.90. The van der Waals surface area contributed by atoms with Gasteiger partial charge in [0.2, 0.25) is 5.91 Å². The number of benzene rings is 1. The van der Waals surface area contributed by atoms with E-state index in [-0.39, 0.29) is 36.1 Å². The highest BCUT2D eigenvalue weighted by Crippen LogP contribution is 2.26. The summed E-state index contributed by atoms with van der Waals surface area (Å²) >= 11 is 0. The molecule has 1 amide bonds. The fraction of sp³-hybridized carbons (Fsp3) is 0.462. The SMILES string of the molecule is Cc1cc(F)ccc1NC(=O)C1CCCC1N.Cl. The molecule has 2 atom stereocenters. The molecule has 0 radical (unpaired) electrons. The number of nitrogens with one attached hydrogen (secondary N) is 1. The first kappa shape index (κ1) is 14.9. The Morgan fingerprint density at radius 3 is 2.72 bits per heavy atom. The molecule has 3 N–H and O–H groups in total. The largest absolute Gasteiger partial charge is 0.327 e. The topological polar surface area (TPSA) is 55.1 Å². The van der Waals surface area contributed by atoms with Crippen molar-refractivity contribution in [1.29, 1.82) is 0 Å². The Kier molecular flexibility index (Phi) is 5.11. The molecule has 0 spiro atoms. The van der Waals surface area contributed by atoms with E-state index in [4.69, 9.17) is 5.73 Å². The van der Waals surface area contributed by atoms with Crippen LogP contribution in [0.3, 0.4) is 0 Å². The highest BCUT2D eigenvalue weighted by atomic mass is 35.5. The van der Waals surface area contributed by atoms with Crippen LogP contribution in [0, 0.1) is 18.7 Å². The number of anilines is 1. The summed E-state index contributed by atoms with van der Waals surface area (Å²) in [6.45, 7) is 1.77. The summed E-state index contributed by atoms with van der Waals surface area (Å²) in [4.78, 5) is 12.0. The molecule has 1 fully saturated rings. The van der Waals surface area contributed by atoms with Gasteiger partial charge in [-0.1, -0.05) is 6.42 Å². The van der Waals surface area contributed by atoms with Crippen molar-refractivity contribution in [2.45, 2.75) is 32.2 Å². The van der Waals surface area contributed by atoms with Gasteiger partial charge in [0.25, 0.3) is 0 Å². The van der Waals surface area contributed by atoms with E-state index < -0.39 is 0 Å². The number of nitrogens with two attached hydrogens (primary N) is 1. The number of hydrogen-bond acceptors (Lipinski definition) is 2. The molecule has 1 aliphatic carbocycles. The van der Waals surface area contributed by atoms with Crippen LogP contribution in [0.1, 0.15) is 24.8 Å².